The van der Waals surface area contributed by atoms with Gasteiger partial charge in [0.1, 0.15) is 6.04 Å². The number of likely N-dealkylation sites (tertiary alicyclic amines) is 1. The van der Waals surface area contributed by atoms with Crippen molar-refractivity contribution in [1.82, 2.24) is 19.7 Å². The molecule has 0 N–H and O–H groups in total. The lowest BCUT2D eigenvalue weighted by Crippen LogP contribution is -2.36. The molecule has 2 aliphatic rings. The van der Waals surface area contributed by atoms with Crippen molar-refractivity contribution in [3.8, 4) is 17.2 Å². The number of amides is 1. The first-order valence-electron chi connectivity index (χ1n) is 10.9. The SMILES string of the molecule is N#C[C@@H]1CC(F)(F)CN1C(=O)CCC(=O)c1ccnc2ccc(-c3cnn(C4CC4)c3)cc12.S. The van der Waals surface area contributed by atoms with Gasteiger partial charge in [-0.25, -0.2) is 8.78 Å². The highest BCUT2D eigenvalue weighted by Gasteiger charge is 2.47. The quantitative estimate of drug-likeness (QED) is 0.489. The molecule has 0 bridgehead atoms. The van der Waals surface area contributed by atoms with Crippen molar-refractivity contribution in [3.05, 3.63) is 48.4 Å². The van der Waals surface area contributed by atoms with E-state index in [2.05, 4.69) is 10.1 Å². The van der Waals surface area contributed by atoms with E-state index < -0.39 is 30.8 Å². The Morgan fingerprint density at radius 3 is 2.71 bits per heavy atom. The van der Waals surface area contributed by atoms with Crippen LogP contribution in [0.2, 0.25) is 0 Å². The van der Waals surface area contributed by atoms with Gasteiger partial charge in [-0.1, -0.05) is 6.07 Å². The van der Waals surface area contributed by atoms with E-state index in [1.54, 1.807) is 18.3 Å². The van der Waals surface area contributed by atoms with Gasteiger partial charge in [-0.15, -0.1) is 0 Å². The maximum absolute atomic E-state index is 13.6. The van der Waals surface area contributed by atoms with E-state index in [1.807, 2.05) is 29.1 Å². The van der Waals surface area contributed by atoms with Gasteiger partial charge < -0.3 is 4.90 Å². The molecule has 1 atom stereocenters. The van der Waals surface area contributed by atoms with Crippen LogP contribution in [0.15, 0.2) is 42.9 Å². The van der Waals surface area contributed by atoms with Crippen molar-refractivity contribution in [3.63, 3.8) is 0 Å². The fourth-order valence-corrected chi connectivity index (χ4v) is 4.29. The van der Waals surface area contributed by atoms with Gasteiger partial charge in [0.05, 0.1) is 30.4 Å². The summed E-state index contributed by atoms with van der Waals surface area (Å²) in [5.74, 6) is -3.97. The molecular weight excluding hydrogens is 460 g/mol. The summed E-state index contributed by atoms with van der Waals surface area (Å²) < 4.78 is 29.2. The zero-order valence-corrected chi connectivity index (χ0v) is 19.2. The van der Waals surface area contributed by atoms with Crippen LogP contribution in [0, 0.1) is 11.3 Å². The molecule has 34 heavy (non-hydrogen) atoms. The lowest BCUT2D eigenvalue weighted by atomic mass is 9.99. The lowest BCUT2D eigenvalue weighted by Gasteiger charge is -2.18. The van der Waals surface area contributed by atoms with Crippen LogP contribution in [0.5, 0.6) is 0 Å². The molecule has 10 heteroatoms. The summed E-state index contributed by atoms with van der Waals surface area (Å²) in [6.07, 6.45) is 6.55. The summed E-state index contributed by atoms with van der Waals surface area (Å²) in [6, 6.07) is 8.31. The van der Waals surface area contributed by atoms with Crippen LogP contribution in [0.3, 0.4) is 0 Å². The van der Waals surface area contributed by atoms with E-state index in [9.17, 15) is 18.4 Å². The topological polar surface area (TPSA) is 91.9 Å². The number of carbonyl (C=O) groups excluding carboxylic acids is 2. The Morgan fingerprint density at radius 2 is 1.97 bits per heavy atom. The smallest absolute Gasteiger partial charge is 0.268 e. The minimum Gasteiger partial charge on any atom is -0.320 e. The third kappa shape index (κ3) is 4.66. The molecule has 7 nitrogen and oxygen atoms in total. The number of alkyl halides is 2. The van der Waals surface area contributed by atoms with E-state index >= 15 is 0 Å². The second kappa shape index (κ2) is 9.14. The predicted octanol–water partition coefficient (Wildman–Crippen LogP) is 4.27. The van der Waals surface area contributed by atoms with Crippen LogP contribution < -0.4 is 0 Å². The van der Waals surface area contributed by atoms with Gasteiger partial charge >= 0.3 is 0 Å². The summed E-state index contributed by atoms with van der Waals surface area (Å²) in [7, 11) is 0. The number of pyridine rings is 1. The summed E-state index contributed by atoms with van der Waals surface area (Å²) in [6.45, 7) is -0.783. The molecule has 1 saturated heterocycles. The Bertz CT molecular complexity index is 1300. The largest absolute Gasteiger partial charge is 0.320 e. The van der Waals surface area contributed by atoms with Crippen LogP contribution in [0.4, 0.5) is 8.78 Å². The number of nitrogens with zero attached hydrogens (tertiary/aromatic N) is 5. The number of halogens is 2. The van der Waals surface area contributed by atoms with Crippen LogP contribution in [-0.4, -0.2) is 49.9 Å². The van der Waals surface area contributed by atoms with Crippen LogP contribution in [0.25, 0.3) is 22.0 Å². The van der Waals surface area contributed by atoms with Crippen molar-refractivity contribution in [2.45, 2.75) is 50.1 Å². The van der Waals surface area contributed by atoms with Gasteiger partial charge in [-0.3, -0.25) is 19.3 Å². The molecule has 0 spiro atoms. The molecule has 1 aromatic carbocycles. The average Bonchev–Trinajstić information content (AvgIpc) is 3.45. The molecule has 3 heterocycles. The maximum Gasteiger partial charge on any atom is 0.268 e. The number of aromatic nitrogens is 3. The van der Waals surface area contributed by atoms with E-state index in [-0.39, 0.29) is 32.1 Å². The predicted molar refractivity (Wildman–Crippen MR) is 126 cm³/mol. The third-order valence-electron chi connectivity index (χ3n) is 6.20. The summed E-state index contributed by atoms with van der Waals surface area (Å²) in [5, 5.41) is 14.2. The number of carbonyl (C=O) groups is 2. The van der Waals surface area contributed by atoms with Crippen molar-refractivity contribution in [2.24, 2.45) is 0 Å². The molecule has 2 aromatic heterocycles. The summed E-state index contributed by atoms with van der Waals surface area (Å²) >= 11 is 0. The van der Waals surface area contributed by atoms with Gasteiger partial charge in [0, 0.05) is 48.2 Å². The van der Waals surface area contributed by atoms with E-state index in [0.717, 1.165) is 28.9 Å². The highest BCUT2D eigenvalue weighted by molar-refractivity contribution is 7.59. The Labute approximate surface area is 201 Å². The molecule has 1 amide bonds. The third-order valence-corrected chi connectivity index (χ3v) is 6.20. The fourth-order valence-electron chi connectivity index (χ4n) is 4.29. The highest BCUT2D eigenvalue weighted by atomic mass is 32.1. The number of hydrogen-bond acceptors (Lipinski definition) is 5. The first-order valence-corrected chi connectivity index (χ1v) is 10.9. The standard InChI is InChI=1S/C24H21F2N5O2.H2S/c25-24(26)10-18(11-27)30(14-24)23(33)6-5-22(32)19-7-8-28-21-4-1-15(9-20(19)21)16-12-29-31(13-16)17-2-3-17;/h1,4,7-9,12-13,17-18H,2-3,5-6,10,14H2;1H2/t18-;/m0./s1. The number of benzene rings is 1. The Morgan fingerprint density at radius 1 is 1.18 bits per heavy atom. The monoisotopic (exact) mass is 483 g/mol. The zero-order chi connectivity index (χ0) is 23.2. The van der Waals surface area contributed by atoms with Gasteiger partial charge in [-0.05, 0) is 36.6 Å². The molecule has 1 saturated carbocycles. The molecular formula is C24H23F2N5O2S. The van der Waals surface area contributed by atoms with Crippen LogP contribution >= 0.6 is 13.5 Å². The van der Waals surface area contributed by atoms with Crippen molar-refractivity contribution in [2.75, 3.05) is 6.54 Å². The average molecular weight is 484 g/mol. The van der Waals surface area contributed by atoms with Gasteiger partial charge in [0.15, 0.2) is 5.78 Å². The molecule has 1 aliphatic carbocycles. The number of fused-ring (bicyclic) bond motifs is 1. The molecule has 176 valence electrons. The summed E-state index contributed by atoms with van der Waals surface area (Å²) in [4.78, 5) is 30.7. The van der Waals surface area contributed by atoms with Gasteiger partial charge in [-0.2, -0.15) is 23.9 Å². The normalized spacial score (nSPS) is 19.0. The first kappa shape index (κ1) is 23.8. The lowest BCUT2D eigenvalue weighted by molar-refractivity contribution is -0.132. The molecule has 5 rings (SSSR count). The van der Waals surface area contributed by atoms with Crippen molar-refractivity contribution < 1.29 is 18.4 Å². The second-order valence-electron chi connectivity index (χ2n) is 8.68. The van der Waals surface area contributed by atoms with Crippen LogP contribution in [0.1, 0.15) is 48.5 Å². The van der Waals surface area contributed by atoms with Crippen molar-refractivity contribution >= 4 is 36.1 Å². The number of nitriles is 1. The minimum atomic E-state index is -3.08. The van der Waals surface area contributed by atoms with E-state index in [0.29, 0.717) is 22.5 Å². The molecule has 2 fully saturated rings. The van der Waals surface area contributed by atoms with E-state index in [4.69, 9.17) is 5.26 Å². The molecule has 0 unspecified atom stereocenters. The Kier molecular flexibility index (Phi) is 6.41. The fraction of sp³-hybridized carbons (Fsp3) is 0.375. The van der Waals surface area contributed by atoms with Gasteiger partial charge in [0.25, 0.3) is 5.92 Å². The highest BCUT2D eigenvalue weighted by Crippen LogP contribution is 2.36. The number of rotatable bonds is 6. The Balaban J connectivity index is 0.00000274. The Hall–Kier alpha value is -3.32. The molecule has 3 aromatic rings. The van der Waals surface area contributed by atoms with E-state index in [1.165, 1.54) is 6.20 Å². The van der Waals surface area contributed by atoms with Crippen LogP contribution in [-0.2, 0) is 4.79 Å². The van der Waals surface area contributed by atoms with Crippen molar-refractivity contribution in [1.29, 1.82) is 5.26 Å². The molecule has 1 aliphatic heterocycles. The van der Waals surface area contributed by atoms with Gasteiger partial charge in [0.2, 0.25) is 5.91 Å². The first-order chi connectivity index (χ1) is 15.8. The number of hydrogen-bond donors (Lipinski definition) is 0. The minimum absolute atomic E-state index is 0. The maximum atomic E-state index is 13.6. The second-order valence-corrected chi connectivity index (χ2v) is 8.68. The number of Topliss-reactive ketones (excluding diaryl/α,β-unsaturated/α-hetero) is 1. The number of ketones is 1. The molecule has 0 radical (unpaired) electrons. The zero-order valence-electron chi connectivity index (χ0n) is 18.2. The summed E-state index contributed by atoms with van der Waals surface area (Å²) in [5.41, 5.74) is 2.92.